The summed E-state index contributed by atoms with van der Waals surface area (Å²) in [6.45, 7) is 8.65. The molecule has 0 atom stereocenters. The van der Waals surface area contributed by atoms with Gasteiger partial charge in [-0.3, -0.25) is 0 Å². The van der Waals surface area contributed by atoms with Gasteiger partial charge in [-0.1, -0.05) is 36.2 Å². The van der Waals surface area contributed by atoms with E-state index in [1.165, 1.54) is 34.0 Å². The molecule has 3 heterocycles. The van der Waals surface area contributed by atoms with Crippen LogP contribution in [0.25, 0.3) is 11.4 Å². The normalized spacial score (nSPS) is 15.9. The van der Waals surface area contributed by atoms with Crippen LogP contribution in [0.1, 0.15) is 63.8 Å². The van der Waals surface area contributed by atoms with E-state index in [4.69, 9.17) is 9.72 Å². The Morgan fingerprint density at radius 3 is 2.76 bits per heavy atom. The zero-order chi connectivity index (χ0) is 26.1. The smallest absolute Gasteiger partial charge is 0.339 e. The van der Waals surface area contributed by atoms with Crippen molar-refractivity contribution < 1.29 is 14.6 Å². The van der Waals surface area contributed by atoms with Crippen LogP contribution in [0.5, 0.6) is 0 Å². The number of hydrogen-bond donors (Lipinski definition) is 1. The topological polar surface area (TPSA) is 80.5 Å². The molecule has 1 N–H and O–H groups in total. The first-order valence-electron chi connectivity index (χ1n) is 12.6. The monoisotopic (exact) mass is 516 g/mol. The fourth-order valence-electron chi connectivity index (χ4n) is 5.16. The summed E-state index contributed by atoms with van der Waals surface area (Å²) in [5.41, 5.74) is 9.11. The molecule has 0 bridgehead atoms. The van der Waals surface area contributed by atoms with Crippen LogP contribution in [0.2, 0.25) is 0 Å². The van der Waals surface area contributed by atoms with Crippen molar-refractivity contribution >= 4 is 23.5 Å². The molecule has 1 aliphatic carbocycles. The number of ether oxygens (including phenoxy) is 1. The lowest BCUT2D eigenvalue weighted by atomic mass is 9.92. The molecular weight excluding hydrogens is 484 g/mol. The first kappa shape index (κ1) is 25.3. The Morgan fingerprint density at radius 1 is 1.16 bits per heavy atom. The summed E-state index contributed by atoms with van der Waals surface area (Å²) in [5, 5.41) is 13.7. The van der Waals surface area contributed by atoms with Gasteiger partial charge in [-0.15, -0.1) is 0 Å². The van der Waals surface area contributed by atoms with Gasteiger partial charge in [0.2, 0.25) is 0 Å². The maximum atomic E-state index is 11.5. The van der Waals surface area contributed by atoms with Crippen LogP contribution in [0, 0.1) is 13.8 Å². The number of aromatic carboxylic acids is 1. The first-order chi connectivity index (χ1) is 17.9. The van der Waals surface area contributed by atoms with Crippen LogP contribution in [0.4, 0.5) is 0 Å². The molecule has 1 aromatic carbocycles. The average molecular weight is 517 g/mol. The number of carbonyl (C=O) groups is 1. The molecule has 0 saturated carbocycles. The molecule has 3 aromatic rings. The van der Waals surface area contributed by atoms with Gasteiger partial charge in [0.05, 0.1) is 17.6 Å². The Kier molecular flexibility index (Phi) is 7.22. The molecule has 37 heavy (non-hydrogen) atoms. The molecule has 2 aliphatic rings. The third kappa shape index (κ3) is 4.95. The molecule has 0 saturated heterocycles. The minimum Gasteiger partial charge on any atom is -0.488 e. The quantitative estimate of drug-likeness (QED) is 0.392. The van der Waals surface area contributed by atoms with E-state index in [9.17, 15) is 9.90 Å². The molecule has 0 fully saturated rings. The highest BCUT2D eigenvalue weighted by Gasteiger charge is 2.22. The number of pyridine rings is 1. The Hall–Kier alpha value is -3.36. The van der Waals surface area contributed by atoms with Crippen LogP contribution < -0.4 is 0 Å². The zero-order valence-electron chi connectivity index (χ0n) is 21.7. The van der Waals surface area contributed by atoms with E-state index < -0.39 is 5.97 Å². The minimum atomic E-state index is -0.997. The molecule has 1 aliphatic heterocycles. The van der Waals surface area contributed by atoms with Gasteiger partial charge < -0.3 is 9.84 Å². The second kappa shape index (κ2) is 10.6. The molecule has 0 spiro atoms. The molecule has 0 amide bonds. The van der Waals surface area contributed by atoms with Crippen LogP contribution in [-0.2, 0) is 24.3 Å². The standard InChI is InChI=1S/C29H32N4O3S/c1-18-7-5-8-24(26-9-6-10-27(31-26)33-20(3)25(15-30-33)29(34)35)28(18)36-17-22-12-11-21-16-32(37-4)14-13-23(21)19(22)2/h6,8-12,15H,5,7,13-14,16-17H2,1-4H3,(H,34,35). The fourth-order valence-corrected chi connectivity index (χ4v) is 5.70. The van der Waals surface area contributed by atoms with Crippen molar-refractivity contribution in [1.82, 2.24) is 19.1 Å². The van der Waals surface area contributed by atoms with Crippen molar-refractivity contribution in [2.45, 2.75) is 53.2 Å². The summed E-state index contributed by atoms with van der Waals surface area (Å²) in [6, 6.07) is 10.2. The Labute approximate surface area is 222 Å². The average Bonchev–Trinajstić information content (AvgIpc) is 3.30. The number of benzene rings is 1. The number of aromatic nitrogens is 3. The van der Waals surface area contributed by atoms with Crippen molar-refractivity contribution in [3.63, 3.8) is 0 Å². The highest BCUT2D eigenvalue weighted by Crippen LogP contribution is 2.34. The number of allylic oxidation sites excluding steroid dienone is 3. The van der Waals surface area contributed by atoms with Gasteiger partial charge in [-0.2, -0.15) is 5.10 Å². The van der Waals surface area contributed by atoms with Gasteiger partial charge in [0.1, 0.15) is 17.9 Å². The van der Waals surface area contributed by atoms with Gasteiger partial charge in [0, 0.05) is 18.7 Å². The molecule has 0 unspecified atom stereocenters. The third-order valence-corrected chi connectivity index (χ3v) is 8.19. The summed E-state index contributed by atoms with van der Waals surface area (Å²) < 4.78 is 10.5. The summed E-state index contributed by atoms with van der Waals surface area (Å²) in [5.74, 6) is 0.462. The fraction of sp³-hybridized carbons (Fsp3) is 0.345. The second-order valence-electron chi connectivity index (χ2n) is 9.58. The van der Waals surface area contributed by atoms with E-state index >= 15 is 0 Å². The highest BCUT2D eigenvalue weighted by atomic mass is 32.2. The number of carboxylic acids is 1. The van der Waals surface area contributed by atoms with Gasteiger partial charge in [-0.05, 0) is 86.2 Å². The molecule has 2 aromatic heterocycles. The van der Waals surface area contributed by atoms with Crippen molar-refractivity contribution in [3.8, 4) is 5.82 Å². The summed E-state index contributed by atoms with van der Waals surface area (Å²) in [6.07, 6.45) is 8.63. The van der Waals surface area contributed by atoms with Crippen LogP contribution in [0.3, 0.4) is 0 Å². The minimum absolute atomic E-state index is 0.172. The van der Waals surface area contributed by atoms with Crippen LogP contribution in [-0.4, -0.2) is 42.9 Å². The van der Waals surface area contributed by atoms with Crippen LogP contribution in [0.15, 0.2) is 53.9 Å². The van der Waals surface area contributed by atoms with E-state index in [0.29, 0.717) is 18.1 Å². The van der Waals surface area contributed by atoms with Crippen LogP contribution >= 0.6 is 11.9 Å². The molecule has 0 radical (unpaired) electrons. The van der Waals surface area contributed by atoms with Gasteiger partial charge in [-0.25, -0.2) is 18.8 Å². The number of fused-ring (bicyclic) bond motifs is 1. The van der Waals surface area contributed by atoms with Crippen molar-refractivity contribution in [3.05, 3.63) is 93.1 Å². The summed E-state index contributed by atoms with van der Waals surface area (Å²) in [4.78, 5) is 16.3. The van der Waals surface area contributed by atoms with E-state index in [1.807, 2.05) is 30.1 Å². The molecule has 8 heteroatoms. The molecule has 192 valence electrons. The van der Waals surface area contributed by atoms with E-state index in [-0.39, 0.29) is 5.56 Å². The van der Waals surface area contributed by atoms with E-state index in [0.717, 1.165) is 49.4 Å². The summed E-state index contributed by atoms with van der Waals surface area (Å²) in [7, 11) is 0. The molecular formula is C29H32N4O3S. The Balaban J connectivity index is 1.40. The predicted octanol–water partition coefficient (Wildman–Crippen LogP) is 5.89. The lowest BCUT2D eigenvalue weighted by Gasteiger charge is -2.29. The van der Waals surface area contributed by atoms with Crippen molar-refractivity contribution in [1.29, 1.82) is 0 Å². The predicted molar refractivity (Wildman–Crippen MR) is 147 cm³/mol. The Morgan fingerprint density at radius 2 is 2.00 bits per heavy atom. The van der Waals surface area contributed by atoms with Crippen molar-refractivity contribution in [2.24, 2.45) is 0 Å². The number of nitrogens with zero attached hydrogens (tertiary/aromatic N) is 4. The van der Waals surface area contributed by atoms with E-state index in [1.54, 1.807) is 11.6 Å². The van der Waals surface area contributed by atoms with E-state index in [2.05, 4.69) is 47.7 Å². The molecule has 5 rings (SSSR count). The van der Waals surface area contributed by atoms with Crippen molar-refractivity contribution in [2.75, 3.05) is 12.8 Å². The van der Waals surface area contributed by atoms with Gasteiger partial charge in [0.25, 0.3) is 0 Å². The third-order valence-electron chi connectivity index (χ3n) is 7.36. The zero-order valence-corrected chi connectivity index (χ0v) is 22.6. The maximum absolute atomic E-state index is 11.5. The number of rotatable bonds is 7. The second-order valence-corrected chi connectivity index (χ2v) is 10.5. The Bertz CT molecular complexity index is 1420. The van der Waals surface area contributed by atoms with Gasteiger partial charge >= 0.3 is 5.97 Å². The first-order valence-corrected chi connectivity index (χ1v) is 13.7. The van der Waals surface area contributed by atoms with Gasteiger partial charge in [0.15, 0.2) is 5.82 Å². The highest BCUT2D eigenvalue weighted by molar-refractivity contribution is 7.96. The molecule has 7 nitrogen and oxygen atoms in total. The lowest BCUT2D eigenvalue weighted by Crippen LogP contribution is -2.25. The summed E-state index contributed by atoms with van der Waals surface area (Å²) >= 11 is 1.81. The lowest BCUT2D eigenvalue weighted by molar-refractivity contribution is 0.0696. The maximum Gasteiger partial charge on any atom is 0.339 e. The number of carboxylic acid groups (broad SMARTS) is 1. The SMILES string of the molecule is CSN1CCc2c(ccc(COC3=C(C)CCC=C3c3cccc(-n4ncc(C(=O)O)c4C)n3)c2C)C1. The largest absolute Gasteiger partial charge is 0.488 e. The number of hydrogen-bond acceptors (Lipinski definition) is 6.